The fourth-order valence-electron chi connectivity index (χ4n) is 2.98. The summed E-state index contributed by atoms with van der Waals surface area (Å²) in [4.78, 5) is 12.9. The number of piperidine rings is 1. The smallest absolute Gasteiger partial charge is 0.243 e. The van der Waals surface area contributed by atoms with E-state index in [9.17, 15) is 13.2 Å². The molecule has 0 aromatic heterocycles. The monoisotopic (exact) mass is 456 g/mol. The summed E-state index contributed by atoms with van der Waals surface area (Å²) in [5.74, 6) is -0.325. The van der Waals surface area contributed by atoms with Crippen molar-refractivity contribution >= 4 is 49.1 Å². The van der Waals surface area contributed by atoms with Crippen LogP contribution in [-0.4, -0.2) is 31.2 Å². The van der Waals surface area contributed by atoms with E-state index in [4.69, 9.17) is 11.6 Å². The summed E-state index contributed by atoms with van der Waals surface area (Å²) in [6.07, 6.45) is 2.02. The molecular formula is C18H18BrClN2O3S. The average molecular weight is 458 g/mol. The van der Waals surface area contributed by atoms with Gasteiger partial charge < -0.3 is 5.32 Å². The van der Waals surface area contributed by atoms with Gasteiger partial charge in [-0.05, 0) is 65.2 Å². The van der Waals surface area contributed by atoms with Gasteiger partial charge in [0.15, 0.2) is 0 Å². The van der Waals surface area contributed by atoms with Crippen LogP contribution in [-0.2, 0) is 14.8 Å². The Morgan fingerprint density at radius 3 is 2.50 bits per heavy atom. The Hall–Kier alpha value is -1.41. The molecule has 26 heavy (non-hydrogen) atoms. The summed E-state index contributed by atoms with van der Waals surface area (Å²) in [7, 11) is -3.77. The number of hydrogen-bond donors (Lipinski definition) is 1. The number of amides is 1. The highest BCUT2D eigenvalue weighted by molar-refractivity contribution is 9.10. The van der Waals surface area contributed by atoms with Crippen molar-refractivity contribution in [3.05, 3.63) is 58.0 Å². The number of sulfonamides is 1. The van der Waals surface area contributed by atoms with Crippen LogP contribution in [0.5, 0.6) is 0 Å². The molecule has 0 spiro atoms. The summed E-state index contributed by atoms with van der Waals surface area (Å²) in [5, 5.41) is 3.29. The molecule has 0 saturated carbocycles. The van der Waals surface area contributed by atoms with Crippen molar-refractivity contribution < 1.29 is 13.2 Å². The molecule has 2 aromatic carbocycles. The molecule has 3 rings (SSSR count). The molecule has 138 valence electrons. The Morgan fingerprint density at radius 2 is 1.81 bits per heavy atom. The van der Waals surface area contributed by atoms with Gasteiger partial charge in [0.25, 0.3) is 0 Å². The highest BCUT2D eigenvalue weighted by Crippen LogP contribution is 2.28. The van der Waals surface area contributed by atoms with Gasteiger partial charge in [0, 0.05) is 16.0 Å². The third-order valence-corrected chi connectivity index (χ3v) is 7.17. The summed E-state index contributed by atoms with van der Waals surface area (Å²) >= 11 is 9.24. The van der Waals surface area contributed by atoms with Crippen molar-refractivity contribution in [1.29, 1.82) is 0 Å². The second-order valence-electron chi connectivity index (χ2n) is 6.05. The number of halogens is 2. The summed E-state index contributed by atoms with van der Waals surface area (Å²) < 4.78 is 28.1. The third-order valence-electron chi connectivity index (χ3n) is 4.31. The van der Waals surface area contributed by atoms with Crippen LogP contribution in [0.1, 0.15) is 19.3 Å². The molecule has 1 atom stereocenters. The van der Waals surface area contributed by atoms with Gasteiger partial charge in [-0.1, -0.05) is 30.2 Å². The predicted octanol–water partition coefficient (Wildman–Crippen LogP) is 4.28. The van der Waals surface area contributed by atoms with Gasteiger partial charge in [-0.3, -0.25) is 4.79 Å². The molecule has 1 unspecified atom stereocenters. The van der Waals surface area contributed by atoms with E-state index >= 15 is 0 Å². The quantitative estimate of drug-likeness (QED) is 0.745. The van der Waals surface area contributed by atoms with Crippen LogP contribution in [0, 0.1) is 0 Å². The first-order chi connectivity index (χ1) is 12.4. The van der Waals surface area contributed by atoms with E-state index in [-0.39, 0.29) is 10.8 Å². The van der Waals surface area contributed by atoms with E-state index in [1.165, 1.54) is 28.6 Å². The van der Waals surface area contributed by atoms with E-state index < -0.39 is 16.1 Å². The normalized spacial score (nSPS) is 18.5. The van der Waals surface area contributed by atoms with Gasteiger partial charge in [0.2, 0.25) is 15.9 Å². The topological polar surface area (TPSA) is 66.5 Å². The lowest BCUT2D eigenvalue weighted by atomic mass is 10.0. The van der Waals surface area contributed by atoms with Crippen molar-refractivity contribution in [3.8, 4) is 0 Å². The maximum absolute atomic E-state index is 13.0. The van der Waals surface area contributed by atoms with E-state index in [0.717, 1.165) is 17.3 Å². The van der Waals surface area contributed by atoms with Crippen molar-refractivity contribution in [2.24, 2.45) is 0 Å². The molecule has 0 radical (unpaired) electrons. The molecule has 1 saturated heterocycles. The van der Waals surface area contributed by atoms with Crippen molar-refractivity contribution in [2.75, 3.05) is 11.9 Å². The second-order valence-corrected chi connectivity index (χ2v) is 9.23. The van der Waals surface area contributed by atoms with Gasteiger partial charge in [-0.15, -0.1) is 0 Å². The van der Waals surface area contributed by atoms with Gasteiger partial charge in [-0.2, -0.15) is 4.31 Å². The van der Waals surface area contributed by atoms with Gasteiger partial charge in [-0.25, -0.2) is 8.42 Å². The minimum absolute atomic E-state index is 0.141. The first-order valence-corrected chi connectivity index (χ1v) is 10.8. The Morgan fingerprint density at radius 1 is 1.12 bits per heavy atom. The van der Waals surface area contributed by atoms with Crippen molar-refractivity contribution in [3.63, 3.8) is 0 Å². The van der Waals surface area contributed by atoms with Crippen LogP contribution in [0.3, 0.4) is 0 Å². The maximum Gasteiger partial charge on any atom is 0.243 e. The van der Waals surface area contributed by atoms with Gasteiger partial charge in [0.1, 0.15) is 6.04 Å². The lowest BCUT2D eigenvalue weighted by molar-refractivity contribution is -0.120. The first kappa shape index (κ1) is 19.4. The van der Waals surface area contributed by atoms with Crippen LogP contribution in [0.25, 0.3) is 0 Å². The standard InChI is InChI=1S/C18H18BrClN2O3S/c19-15-5-1-2-6-16(15)21-18(23)17-7-3-4-12-22(17)26(24,25)14-10-8-13(20)9-11-14/h1-2,5-6,8-11,17H,3-4,7,12H2,(H,21,23). The maximum atomic E-state index is 13.0. The number of hydrogen-bond acceptors (Lipinski definition) is 3. The number of nitrogens with one attached hydrogen (secondary N) is 1. The fraction of sp³-hybridized carbons (Fsp3) is 0.278. The molecule has 8 heteroatoms. The molecule has 1 heterocycles. The van der Waals surface area contributed by atoms with Crippen molar-refractivity contribution in [1.82, 2.24) is 4.31 Å². The molecule has 5 nitrogen and oxygen atoms in total. The SMILES string of the molecule is O=C(Nc1ccccc1Br)C1CCCCN1S(=O)(=O)c1ccc(Cl)cc1. The first-order valence-electron chi connectivity index (χ1n) is 8.22. The zero-order valence-corrected chi connectivity index (χ0v) is 17.0. The van der Waals surface area contributed by atoms with Crippen LogP contribution >= 0.6 is 27.5 Å². The number of benzene rings is 2. The molecular weight excluding hydrogens is 440 g/mol. The van der Waals surface area contributed by atoms with E-state index in [1.807, 2.05) is 18.2 Å². The summed E-state index contributed by atoms with van der Waals surface area (Å²) in [6, 6.07) is 12.5. The van der Waals surface area contributed by atoms with Crippen LogP contribution in [0.4, 0.5) is 5.69 Å². The largest absolute Gasteiger partial charge is 0.324 e. The molecule has 1 aliphatic rings. The molecule has 0 bridgehead atoms. The highest BCUT2D eigenvalue weighted by atomic mass is 79.9. The van der Waals surface area contributed by atoms with Crippen LogP contribution in [0.15, 0.2) is 57.9 Å². The summed E-state index contributed by atoms with van der Waals surface area (Å²) in [6.45, 7) is 0.318. The Labute approximate surface area is 166 Å². The average Bonchev–Trinajstić information content (AvgIpc) is 2.64. The number of para-hydroxylation sites is 1. The van der Waals surface area contributed by atoms with E-state index in [0.29, 0.717) is 23.7 Å². The minimum Gasteiger partial charge on any atom is -0.324 e. The third kappa shape index (κ3) is 4.11. The zero-order chi connectivity index (χ0) is 18.7. The summed E-state index contributed by atoms with van der Waals surface area (Å²) in [5.41, 5.74) is 0.618. The highest BCUT2D eigenvalue weighted by Gasteiger charge is 2.37. The Balaban J connectivity index is 1.86. The van der Waals surface area contributed by atoms with Crippen LogP contribution in [0.2, 0.25) is 5.02 Å². The molecule has 1 N–H and O–H groups in total. The molecule has 1 aliphatic heterocycles. The number of carbonyl (C=O) groups is 1. The predicted molar refractivity (Wildman–Crippen MR) is 106 cm³/mol. The number of nitrogens with zero attached hydrogens (tertiary/aromatic N) is 1. The van der Waals surface area contributed by atoms with E-state index in [2.05, 4.69) is 21.2 Å². The lowest BCUT2D eigenvalue weighted by Crippen LogP contribution is -2.49. The minimum atomic E-state index is -3.77. The van der Waals surface area contributed by atoms with Crippen molar-refractivity contribution in [2.45, 2.75) is 30.2 Å². The van der Waals surface area contributed by atoms with Crippen LogP contribution < -0.4 is 5.32 Å². The lowest BCUT2D eigenvalue weighted by Gasteiger charge is -2.33. The fourth-order valence-corrected chi connectivity index (χ4v) is 5.14. The zero-order valence-electron chi connectivity index (χ0n) is 13.9. The number of anilines is 1. The molecule has 2 aromatic rings. The van der Waals surface area contributed by atoms with E-state index in [1.54, 1.807) is 6.07 Å². The molecule has 1 fully saturated rings. The Bertz CT molecular complexity index is 903. The Kier molecular flexibility index (Phi) is 6.02. The molecule has 1 amide bonds. The second kappa shape index (κ2) is 8.08. The van der Waals surface area contributed by atoms with Gasteiger partial charge in [0.05, 0.1) is 10.6 Å². The molecule has 0 aliphatic carbocycles. The van der Waals surface area contributed by atoms with Gasteiger partial charge >= 0.3 is 0 Å². The number of rotatable bonds is 4. The number of carbonyl (C=O) groups excluding carboxylic acids is 1.